The van der Waals surface area contributed by atoms with E-state index < -0.39 is 12.9 Å². The van der Waals surface area contributed by atoms with Gasteiger partial charge in [-0.2, -0.15) is 0 Å². The Labute approximate surface area is 108 Å². The molecule has 18 heavy (non-hydrogen) atoms. The van der Waals surface area contributed by atoms with Crippen LogP contribution in [0.15, 0.2) is 12.3 Å². The quantitative estimate of drug-likeness (QED) is 0.786. The smallest absolute Gasteiger partial charge is 0.405 e. The topological polar surface area (TPSA) is 43.4 Å². The first-order valence-electron chi connectivity index (χ1n) is 6.08. The minimum atomic E-state index is -0.599. The second kappa shape index (κ2) is 6.71. The number of pyridine rings is 1. The Balaban J connectivity index is 2.93. The predicted octanol–water partition coefficient (Wildman–Crippen LogP) is 1.81. The van der Waals surface area contributed by atoms with Crippen molar-refractivity contribution in [1.82, 2.24) is 4.98 Å². The average Bonchev–Trinajstić information content (AvgIpc) is 2.26. The number of nitrogens with zero attached hydrogens (tertiary/aromatic N) is 1. The average molecular weight is 254 g/mol. The van der Waals surface area contributed by atoms with Crippen LogP contribution in [0.25, 0.3) is 0 Å². The van der Waals surface area contributed by atoms with E-state index in [1.165, 1.54) is 6.07 Å². The van der Waals surface area contributed by atoms with Crippen molar-refractivity contribution in [1.29, 1.82) is 0 Å². The molecule has 0 radical (unpaired) electrons. The molecule has 6 heteroatoms. The summed E-state index contributed by atoms with van der Waals surface area (Å²) in [4.78, 5) is 3.99. The Kier molecular flexibility index (Phi) is 5.56. The van der Waals surface area contributed by atoms with E-state index in [0.29, 0.717) is 5.46 Å². The third-order valence-corrected chi connectivity index (χ3v) is 2.16. The maximum Gasteiger partial charge on any atom is 0.495 e. The molecule has 100 valence electrons. The van der Waals surface area contributed by atoms with Gasteiger partial charge in [-0.25, -0.2) is 9.37 Å². The second-order valence-corrected chi connectivity index (χ2v) is 4.55. The van der Waals surface area contributed by atoms with Gasteiger partial charge >= 0.3 is 7.12 Å². The number of anilines is 1. The lowest BCUT2D eigenvalue weighted by Crippen LogP contribution is -2.41. The predicted molar refractivity (Wildman–Crippen MR) is 71.6 cm³/mol. The van der Waals surface area contributed by atoms with E-state index in [2.05, 4.69) is 10.3 Å². The number of rotatable bonds is 6. The monoisotopic (exact) mass is 254 g/mol. The van der Waals surface area contributed by atoms with Crippen LogP contribution in [-0.4, -0.2) is 31.4 Å². The maximum absolute atomic E-state index is 13.6. The molecule has 1 aromatic rings. The van der Waals surface area contributed by atoms with Crippen LogP contribution in [0.1, 0.15) is 27.7 Å². The third kappa shape index (κ3) is 4.27. The lowest BCUT2D eigenvalue weighted by molar-refractivity contribution is 0.139. The van der Waals surface area contributed by atoms with E-state index in [4.69, 9.17) is 9.31 Å². The molecule has 0 aliphatic heterocycles. The van der Waals surface area contributed by atoms with Crippen molar-refractivity contribution in [3.8, 4) is 0 Å². The van der Waals surface area contributed by atoms with E-state index in [9.17, 15) is 4.39 Å². The van der Waals surface area contributed by atoms with E-state index in [1.807, 2.05) is 27.7 Å². The molecule has 1 N–H and O–H groups in total. The first-order valence-corrected chi connectivity index (χ1v) is 6.08. The lowest BCUT2D eigenvalue weighted by Gasteiger charge is -2.19. The van der Waals surface area contributed by atoms with Crippen LogP contribution < -0.4 is 10.8 Å². The van der Waals surface area contributed by atoms with Crippen molar-refractivity contribution in [2.24, 2.45) is 0 Å². The van der Waals surface area contributed by atoms with Gasteiger partial charge in [0.2, 0.25) is 0 Å². The largest absolute Gasteiger partial charge is 0.495 e. The molecule has 0 fully saturated rings. The fourth-order valence-corrected chi connectivity index (χ4v) is 1.45. The molecule has 0 aromatic carbocycles. The van der Waals surface area contributed by atoms with E-state index in [1.54, 1.807) is 13.2 Å². The van der Waals surface area contributed by atoms with Crippen LogP contribution in [0, 0.1) is 5.82 Å². The fourth-order valence-electron chi connectivity index (χ4n) is 1.45. The van der Waals surface area contributed by atoms with Crippen LogP contribution in [0.3, 0.4) is 0 Å². The van der Waals surface area contributed by atoms with Crippen molar-refractivity contribution < 1.29 is 13.7 Å². The summed E-state index contributed by atoms with van der Waals surface area (Å²) in [5, 5.41) is 2.68. The normalized spacial score (nSPS) is 11.1. The Hall–Kier alpha value is -1.14. The highest BCUT2D eigenvalue weighted by atomic mass is 19.1. The summed E-state index contributed by atoms with van der Waals surface area (Å²) in [6.45, 7) is 7.62. The molecule has 4 nitrogen and oxygen atoms in total. The lowest BCUT2D eigenvalue weighted by atomic mass is 9.79. The van der Waals surface area contributed by atoms with Gasteiger partial charge in [0.25, 0.3) is 0 Å². The maximum atomic E-state index is 13.6. The van der Waals surface area contributed by atoms with Crippen LogP contribution in [0.4, 0.5) is 10.2 Å². The number of halogens is 1. The minimum absolute atomic E-state index is 0.0132. The Morgan fingerprint density at radius 3 is 2.17 bits per heavy atom. The van der Waals surface area contributed by atoms with Gasteiger partial charge in [-0.3, -0.25) is 0 Å². The molecule has 0 bridgehead atoms. The minimum Gasteiger partial charge on any atom is -0.405 e. The molecule has 0 saturated heterocycles. The summed E-state index contributed by atoms with van der Waals surface area (Å²) in [6.07, 6.45) is 1.53. The molecule has 1 aromatic heterocycles. The fraction of sp³-hybridized carbons (Fsp3) is 0.583. The summed E-state index contributed by atoms with van der Waals surface area (Å²) in [7, 11) is 1.02. The van der Waals surface area contributed by atoms with Gasteiger partial charge in [-0.15, -0.1) is 0 Å². The van der Waals surface area contributed by atoms with Gasteiger partial charge in [0, 0.05) is 30.9 Å². The van der Waals surface area contributed by atoms with Crippen LogP contribution >= 0.6 is 0 Å². The Morgan fingerprint density at radius 2 is 1.78 bits per heavy atom. The summed E-state index contributed by atoms with van der Waals surface area (Å²) in [5.41, 5.74) is 0.578. The molecule has 0 aliphatic carbocycles. The van der Waals surface area contributed by atoms with Crippen molar-refractivity contribution >= 4 is 18.4 Å². The Bertz CT molecular complexity index is 378. The van der Waals surface area contributed by atoms with Crippen molar-refractivity contribution in [3.63, 3.8) is 0 Å². The molecule has 0 spiro atoms. The molecule has 0 amide bonds. The summed E-state index contributed by atoms with van der Waals surface area (Å²) < 4.78 is 24.9. The summed E-state index contributed by atoms with van der Waals surface area (Å²) in [5.74, 6) is -0.202. The highest BCUT2D eigenvalue weighted by molar-refractivity contribution is 6.61. The number of hydrogen-bond donors (Lipinski definition) is 1. The van der Waals surface area contributed by atoms with Crippen LogP contribution in [-0.2, 0) is 9.31 Å². The summed E-state index contributed by atoms with van der Waals surface area (Å²) >= 11 is 0. The molecule has 0 saturated carbocycles. The first kappa shape index (κ1) is 14.9. The molecule has 1 rings (SSSR count). The molecule has 0 unspecified atom stereocenters. The van der Waals surface area contributed by atoms with Gasteiger partial charge in [-0.05, 0) is 33.8 Å². The van der Waals surface area contributed by atoms with E-state index in [0.717, 1.165) is 0 Å². The second-order valence-electron chi connectivity index (χ2n) is 4.55. The first-order chi connectivity index (χ1) is 8.43. The van der Waals surface area contributed by atoms with Gasteiger partial charge in [0.15, 0.2) is 11.6 Å². The van der Waals surface area contributed by atoms with Gasteiger partial charge in [0.05, 0.1) is 0 Å². The molecule has 0 atom stereocenters. The SMILES string of the molecule is CNc1ncc(B(OC(C)C)OC(C)C)cc1F. The van der Waals surface area contributed by atoms with Gasteiger partial charge in [0.1, 0.15) is 0 Å². The van der Waals surface area contributed by atoms with Gasteiger partial charge in [-0.1, -0.05) is 0 Å². The molecule has 0 aliphatic rings. The van der Waals surface area contributed by atoms with Crippen molar-refractivity contribution in [2.75, 3.05) is 12.4 Å². The Morgan fingerprint density at radius 1 is 1.22 bits per heavy atom. The standard InChI is InChI=1S/C12H20BFN2O2/c1-8(2)17-13(18-9(3)4)10-6-11(14)12(15-5)16-7-10/h6-9H,1-5H3,(H,15,16). The zero-order valence-corrected chi connectivity index (χ0v) is 11.5. The van der Waals surface area contributed by atoms with Crippen LogP contribution in [0.2, 0.25) is 0 Å². The molecule has 1 heterocycles. The van der Waals surface area contributed by atoms with E-state index in [-0.39, 0.29) is 18.0 Å². The van der Waals surface area contributed by atoms with Crippen LogP contribution in [0.5, 0.6) is 0 Å². The molecular formula is C12H20BFN2O2. The van der Waals surface area contributed by atoms with Crippen molar-refractivity contribution in [2.45, 2.75) is 39.9 Å². The number of aromatic nitrogens is 1. The summed E-state index contributed by atoms with van der Waals surface area (Å²) in [6, 6.07) is 1.38. The number of nitrogens with one attached hydrogen (secondary N) is 1. The highest BCUT2D eigenvalue weighted by Gasteiger charge is 2.25. The number of hydrogen-bond acceptors (Lipinski definition) is 4. The van der Waals surface area contributed by atoms with E-state index >= 15 is 0 Å². The third-order valence-electron chi connectivity index (χ3n) is 2.16. The zero-order valence-electron chi connectivity index (χ0n) is 11.5. The zero-order chi connectivity index (χ0) is 13.7. The highest BCUT2D eigenvalue weighted by Crippen LogP contribution is 2.08. The molecular weight excluding hydrogens is 234 g/mol. The van der Waals surface area contributed by atoms with Gasteiger partial charge < -0.3 is 14.6 Å². The van der Waals surface area contributed by atoms with Crippen molar-refractivity contribution in [3.05, 3.63) is 18.1 Å².